The maximum Gasteiger partial charge on any atom is 0.129 e. The topological polar surface area (TPSA) is 32.7 Å². The van der Waals surface area contributed by atoms with E-state index in [4.69, 9.17) is 4.74 Å². The second-order valence-corrected chi connectivity index (χ2v) is 4.27. The molecule has 1 saturated heterocycles. The summed E-state index contributed by atoms with van der Waals surface area (Å²) in [5.41, 5.74) is 0.315. The molecule has 3 nitrogen and oxygen atoms in total. The molecule has 17 heavy (non-hydrogen) atoms. The van der Waals surface area contributed by atoms with Crippen molar-refractivity contribution in [3.63, 3.8) is 0 Å². The van der Waals surface area contributed by atoms with Crippen LogP contribution in [0.1, 0.15) is 18.6 Å². The van der Waals surface area contributed by atoms with Crippen LogP contribution in [0.3, 0.4) is 0 Å². The van der Waals surface area contributed by atoms with E-state index < -0.39 is 6.10 Å². The molecule has 2 rings (SSSR count). The number of aliphatic hydroxyl groups is 1. The van der Waals surface area contributed by atoms with Crippen LogP contribution < -0.4 is 0 Å². The number of benzene rings is 1. The van der Waals surface area contributed by atoms with Gasteiger partial charge < -0.3 is 9.84 Å². The highest BCUT2D eigenvalue weighted by Crippen LogP contribution is 2.24. The number of morpholine rings is 1. The minimum Gasteiger partial charge on any atom is -0.386 e. The number of nitrogens with zero attached hydrogens (tertiary/aromatic N) is 1. The molecular weight excluding hydrogens is 221 g/mol. The summed E-state index contributed by atoms with van der Waals surface area (Å²) in [5, 5.41) is 10.1. The van der Waals surface area contributed by atoms with E-state index in [1.165, 1.54) is 6.07 Å². The molecule has 1 heterocycles. The zero-order valence-electron chi connectivity index (χ0n) is 9.97. The molecule has 4 heteroatoms. The van der Waals surface area contributed by atoms with Gasteiger partial charge in [0.1, 0.15) is 18.0 Å². The van der Waals surface area contributed by atoms with Gasteiger partial charge in [0.25, 0.3) is 0 Å². The largest absolute Gasteiger partial charge is 0.386 e. The standard InChI is InChI=1S/C13H18FNO2/c1-2-15-7-8-17-12(9-15)13(16)10-5-3-4-6-11(10)14/h3-6,12-13,16H,2,7-9H2,1H3. The molecule has 0 spiro atoms. The van der Waals surface area contributed by atoms with E-state index in [0.717, 1.165) is 13.1 Å². The van der Waals surface area contributed by atoms with Crippen LogP contribution in [-0.2, 0) is 4.74 Å². The third-order valence-corrected chi connectivity index (χ3v) is 3.20. The molecule has 1 aromatic rings. The van der Waals surface area contributed by atoms with Crippen molar-refractivity contribution in [1.29, 1.82) is 0 Å². The molecule has 0 saturated carbocycles. The van der Waals surface area contributed by atoms with Crippen molar-refractivity contribution in [2.24, 2.45) is 0 Å². The van der Waals surface area contributed by atoms with Crippen LogP contribution in [0.4, 0.5) is 4.39 Å². The summed E-state index contributed by atoms with van der Waals surface area (Å²) in [5.74, 6) is -0.378. The molecule has 0 bridgehead atoms. The van der Waals surface area contributed by atoms with Crippen molar-refractivity contribution in [2.45, 2.75) is 19.1 Å². The molecule has 0 radical (unpaired) electrons. The van der Waals surface area contributed by atoms with Gasteiger partial charge in [0.15, 0.2) is 0 Å². The van der Waals surface area contributed by atoms with Crippen molar-refractivity contribution in [3.8, 4) is 0 Å². The molecule has 94 valence electrons. The van der Waals surface area contributed by atoms with E-state index >= 15 is 0 Å². The van der Waals surface area contributed by atoms with Gasteiger partial charge in [0.05, 0.1) is 6.61 Å². The van der Waals surface area contributed by atoms with E-state index in [1.54, 1.807) is 18.2 Å². The van der Waals surface area contributed by atoms with Crippen LogP contribution >= 0.6 is 0 Å². The number of ether oxygens (including phenoxy) is 1. The molecule has 0 aliphatic carbocycles. The Morgan fingerprint density at radius 1 is 1.53 bits per heavy atom. The van der Waals surface area contributed by atoms with Gasteiger partial charge in [-0.25, -0.2) is 4.39 Å². The van der Waals surface area contributed by atoms with Gasteiger partial charge in [0, 0.05) is 18.7 Å². The minimum absolute atomic E-state index is 0.315. The van der Waals surface area contributed by atoms with Crippen molar-refractivity contribution < 1.29 is 14.2 Å². The normalized spacial score (nSPS) is 23.6. The van der Waals surface area contributed by atoms with E-state index in [0.29, 0.717) is 18.7 Å². The Bertz CT molecular complexity index is 372. The Morgan fingerprint density at radius 3 is 3.00 bits per heavy atom. The summed E-state index contributed by atoms with van der Waals surface area (Å²) in [6, 6.07) is 6.31. The zero-order chi connectivity index (χ0) is 12.3. The number of hydrogen-bond acceptors (Lipinski definition) is 3. The maximum absolute atomic E-state index is 13.5. The second-order valence-electron chi connectivity index (χ2n) is 4.27. The molecule has 1 aromatic carbocycles. The molecule has 0 amide bonds. The fraction of sp³-hybridized carbons (Fsp3) is 0.538. The third kappa shape index (κ3) is 2.83. The highest BCUT2D eigenvalue weighted by atomic mass is 19.1. The smallest absolute Gasteiger partial charge is 0.129 e. The predicted molar refractivity (Wildman–Crippen MR) is 63.2 cm³/mol. The fourth-order valence-corrected chi connectivity index (χ4v) is 2.13. The lowest BCUT2D eigenvalue weighted by molar-refractivity contribution is -0.0897. The first-order valence-electron chi connectivity index (χ1n) is 5.98. The van der Waals surface area contributed by atoms with Crippen molar-refractivity contribution >= 4 is 0 Å². The van der Waals surface area contributed by atoms with Crippen LogP contribution in [0.5, 0.6) is 0 Å². The lowest BCUT2D eigenvalue weighted by Crippen LogP contribution is -2.44. The predicted octanol–water partition coefficient (Wildman–Crippen LogP) is 1.58. The highest BCUT2D eigenvalue weighted by Gasteiger charge is 2.28. The van der Waals surface area contributed by atoms with Gasteiger partial charge in [-0.3, -0.25) is 4.90 Å². The summed E-state index contributed by atoms with van der Waals surface area (Å²) in [7, 11) is 0. The van der Waals surface area contributed by atoms with Gasteiger partial charge in [-0.2, -0.15) is 0 Å². The van der Waals surface area contributed by atoms with Crippen molar-refractivity contribution in [3.05, 3.63) is 35.6 Å². The quantitative estimate of drug-likeness (QED) is 0.869. The van der Waals surface area contributed by atoms with Crippen LogP contribution in [0.2, 0.25) is 0 Å². The molecule has 0 aromatic heterocycles. The van der Waals surface area contributed by atoms with Gasteiger partial charge in [-0.15, -0.1) is 0 Å². The Labute approximate surface area is 101 Å². The van der Waals surface area contributed by atoms with E-state index in [2.05, 4.69) is 11.8 Å². The summed E-state index contributed by atoms with van der Waals surface area (Å²) < 4.78 is 19.1. The summed E-state index contributed by atoms with van der Waals surface area (Å²) in [4.78, 5) is 2.19. The summed E-state index contributed by atoms with van der Waals surface area (Å²) >= 11 is 0. The molecule has 1 N–H and O–H groups in total. The van der Waals surface area contributed by atoms with Crippen molar-refractivity contribution in [1.82, 2.24) is 4.90 Å². The Kier molecular flexibility index (Phi) is 4.10. The number of rotatable bonds is 3. The van der Waals surface area contributed by atoms with Crippen LogP contribution in [0, 0.1) is 5.82 Å². The summed E-state index contributed by atoms with van der Waals surface area (Å²) in [6.45, 7) is 5.09. The maximum atomic E-state index is 13.5. The van der Waals surface area contributed by atoms with Gasteiger partial charge in [0.2, 0.25) is 0 Å². The molecule has 1 fully saturated rings. The first-order chi connectivity index (χ1) is 8.22. The Hall–Kier alpha value is -0.970. The molecule has 1 aliphatic rings. The lowest BCUT2D eigenvalue weighted by atomic mass is 10.0. The molecule has 2 unspecified atom stereocenters. The van der Waals surface area contributed by atoms with Gasteiger partial charge in [-0.05, 0) is 12.6 Å². The molecule has 1 aliphatic heterocycles. The average Bonchev–Trinajstić information content (AvgIpc) is 2.38. The van der Waals surface area contributed by atoms with Crippen LogP contribution in [0.15, 0.2) is 24.3 Å². The third-order valence-electron chi connectivity index (χ3n) is 3.20. The zero-order valence-corrected chi connectivity index (χ0v) is 9.97. The van der Waals surface area contributed by atoms with Crippen molar-refractivity contribution in [2.75, 3.05) is 26.2 Å². The highest BCUT2D eigenvalue weighted by molar-refractivity contribution is 5.21. The number of hydrogen-bond donors (Lipinski definition) is 1. The monoisotopic (exact) mass is 239 g/mol. The first-order valence-corrected chi connectivity index (χ1v) is 5.98. The fourth-order valence-electron chi connectivity index (χ4n) is 2.13. The Morgan fingerprint density at radius 2 is 2.29 bits per heavy atom. The van der Waals surface area contributed by atoms with Crippen LogP contribution in [0.25, 0.3) is 0 Å². The first kappa shape index (κ1) is 12.5. The Balaban J connectivity index is 2.09. The molecule has 2 atom stereocenters. The van der Waals surface area contributed by atoms with E-state index in [-0.39, 0.29) is 11.9 Å². The minimum atomic E-state index is -0.898. The second kappa shape index (κ2) is 5.58. The van der Waals surface area contributed by atoms with Crippen LogP contribution in [-0.4, -0.2) is 42.4 Å². The number of halogens is 1. The van der Waals surface area contributed by atoms with Gasteiger partial charge in [-0.1, -0.05) is 25.1 Å². The van der Waals surface area contributed by atoms with E-state index in [1.807, 2.05) is 0 Å². The SMILES string of the molecule is CCN1CCOC(C(O)c2ccccc2F)C1. The summed E-state index contributed by atoms with van der Waals surface area (Å²) in [6.07, 6.45) is -1.24. The van der Waals surface area contributed by atoms with E-state index in [9.17, 15) is 9.50 Å². The van der Waals surface area contributed by atoms with Gasteiger partial charge >= 0.3 is 0 Å². The molecular formula is C13H18FNO2. The lowest BCUT2D eigenvalue weighted by Gasteiger charge is -2.34. The average molecular weight is 239 g/mol. The number of aliphatic hydroxyl groups excluding tert-OH is 1. The number of likely N-dealkylation sites (N-methyl/N-ethyl adjacent to an activating group) is 1.